The number of hydrogen-bond acceptors (Lipinski definition) is 3. The van der Waals surface area contributed by atoms with Crippen molar-refractivity contribution in [1.29, 1.82) is 0 Å². The summed E-state index contributed by atoms with van der Waals surface area (Å²) in [6, 6.07) is 28.6. The molecule has 1 aliphatic carbocycles. The Morgan fingerprint density at radius 1 is 0.718 bits per heavy atom. The van der Waals surface area contributed by atoms with Gasteiger partial charge in [0.15, 0.2) is 0 Å². The number of fused-ring (bicyclic) bond motifs is 4. The highest BCUT2D eigenvalue weighted by Crippen LogP contribution is 2.47. The van der Waals surface area contributed by atoms with E-state index in [1.165, 1.54) is 10.5 Å². The number of hydrogen-bond donors (Lipinski definition) is 0. The standard InChI is InChI=1S/C34H30N2O3/c1-3-10-22-11-9-16-26-25-12-5-6-13-27(25)31(30(22)26)34(39)35(21-4-2)23-17-19-24(20-18-23)36-32(37)28-14-7-8-15-29(28)33(36)38/h5-9,11-20,31H,3-4,10,21H2,1-2H3. The fraction of sp³-hybridized carbons (Fsp3) is 0.206. The van der Waals surface area contributed by atoms with Crippen LogP contribution in [0.4, 0.5) is 11.4 Å². The van der Waals surface area contributed by atoms with Gasteiger partial charge in [0.1, 0.15) is 0 Å². The van der Waals surface area contributed by atoms with Crippen molar-refractivity contribution in [1.82, 2.24) is 0 Å². The molecule has 1 atom stereocenters. The third-order valence-electron chi connectivity index (χ3n) is 7.74. The average Bonchev–Trinajstić information content (AvgIpc) is 3.44. The molecule has 0 radical (unpaired) electrons. The van der Waals surface area contributed by atoms with Gasteiger partial charge in [-0.1, -0.05) is 74.9 Å². The predicted octanol–water partition coefficient (Wildman–Crippen LogP) is 7.00. The average molecular weight is 515 g/mol. The van der Waals surface area contributed by atoms with Gasteiger partial charge >= 0.3 is 0 Å². The minimum Gasteiger partial charge on any atom is -0.312 e. The van der Waals surface area contributed by atoms with Gasteiger partial charge in [0.05, 0.1) is 22.7 Å². The SMILES string of the molecule is CCCc1cccc2c1C(C(=O)N(CCC)c1ccc(N3C(=O)c4ccccc4C3=O)cc1)c1ccccc1-2. The lowest BCUT2D eigenvalue weighted by Gasteiger charge is -2.28. The summed E-state index contributed by atoms with van der Waals surface area (Å²) in [5.74, 6) is -0.985. The van der Waals surface area contributed by atoms with E-state index in [-0.39, 0.29) is 23.6 Å². The Labute approximate surface area is 228 Å². The van der Waals surface area contributed by atoms with Crippen molar-refractivity contribution in [3.05, 3.63) is 119 Å². The first-order valence-corrected chi connectivity index (χ1v) is 13.7. The van der Waals surface area contributed by atoms with Crippen LogP contribution in [0.2, 0.25) is 0 Å². The van der Waals surface area contributed by atoms with Crippen molar-refractivity contribution in [2.45, 2.75) is 39.0 Å². The Bertz CT molecular complexity index is 1570. The van der Waals surface area contributed by atoms with E-state index in [1.807, 2.05) is 29.2 Å². The third-order valence-corrected chi connectivity index (χ3v) is 7.74. The zero-order chi connectivity index (χ0) is 27.1. The summed E-state index contributed by atoms with van der Waals surface area (Å²) in [6.07, 6.45) is 2.72. The van der Waals surface area contributed by atoms with Gasteiger partial charge in [0, 0.05) is 12.2 Å². The quantitative estimate of drug-likeness (QED) is 0.250. The minimum absolute atomic E-state index is 0.0417. The zero-order valence-electron chi connectivity index (χ0n) is 22.2. The molecule has 1 unspecified atom stereocenters. The Morgan fingerprint density at radius 3 is 1.97 bits per heavy atom. The van der Waals surface area contributed by atoms with Crippen molar-refractivity contribution in [2.24, 2.45) is 0 Å². The first-order valence-electron chi connectivity index (χ1n) is 13.7. The molecular weight excluding hydrogens is 484 g/mol. The van der Waals surface area contributed by atoms with Crippen LogP contribution in [-0.2, 0) is 11.2 Å². The summed E-state index contributed by atoms with van der Waals surface area (Å²) in [5, 5.41) is 0. The monoisotopic (exact) mass is 514 g/mol. The van der Waals surface area contributed by atoms with E-state index in [9.17, 15) is 14.4 Å². The Balaban J connectivity index is 1.36. The van der Waals surface area contributed by atoms with Crippen LogP contribution >= 0.6 is 0 Å². The third kappa shape index (κ3) is 3.97. The van der Waals surface area contributed by atoms with Crippen molar-refractivity contribution in [3.63, 3.8) is 0 Å². The van der Waals surface area contributed by atoms with E-state index in [4.69, 9.17) is 0 Å². The molecule has 0 N–H and O–H groups in total. The first-order chi connectivity index (χ1) is 19.0. The summed E-state index contributed by atoms with van der Waals surface area (Å²) >= 11 is 0. The lowest BCUT2D eigenvalue weighted by molar-refractivity contribution is -0.119. The number of anilines is 2. The molecular formula is C34H30N2O3. The number of imide groups is 1. The molecule has 0 saturated carbocycles. The van der Waals surface area contributed by atoms with Gasteiger partial charge in [-0.3, -0.25) is 14.4 Å². The lowest BCUT2D eigenvalue weighted by atomic mass is 9.89. The largest absolute Gasteiger partial charge is 0.312 e. The van der Waals surface area contributed by atoms with Crippen LogP contribution < -0.4 is 9.80 Å². The van der Waals surface area contributed by atoms with Crippen LogP contribution in [0.15, 0.2) is 91.0 Å². The van der Waals surface area contributed by atoms with Crippen molar-refractivity contribution < 1.29 is 14.4 Å². The molecule has 0 saturated heterocycles. The van der Waals surface area contributed by atoms with E-state index in [2.05, 4.69) is 44.2 Å². The maximum atomic E-state index is 14.4. The number of carbonyl (C=O) groups is 3. The lowest BCUT2D eigenvalue weighted by Crippen LogP contribution is -2.36. The molecule has 39 heavy (non-hydrogen) atoms. The van der Waals surface area contributed by atoms with E-state index in [0.29, 0.717) is 23.4 Å². The molecule has 4 aromatic carbocycles. The van der Waals surface area contributed by atoms with Crippen LogP contribution in [0.3, 0.4) is 0 Å². The normalized spacial score (nSPS) is 15.2. The summed E-state index contributed by atoms with van der Waals surface area (Å²) in [6.45, 7) is 4.79. The molecule has 3 amide bonds. The fourth-order valence-electron chi connectivity index (χ4n) is 6.03. The number of rotatable bonds is 7. The van der Waals surface area contributed by atoms with Gasteiger partial charge in [-0.15, -0.1) is 0 Å². The van der Waals surface area contributed by atoms with Gasteiger partial charge in [-0.05, 0) is 77.1 Å². The van der Waals surface area contributed by atoms with E-state index in [1.54, 1.807) is 36.4 Å². The molecule has 1 heterocycles. The highest BCUT2D eigenvalue weighted by molar-refractivity contribution is 6.34. The molecule has 0 spiro atoms. The van der Waals surface area contributed by atoms with Crippen LogP contribution in [0, 0.1) is 0 Å². The van der Waals surface area contributed by atoms with Gasteiger partial charge in [-0.25, -0.2) is 4.90 Å². The number of amides is 3. The first kappa shape index (κ1) is 24.8. The number of benzene rings is 4. The summed E-state index contributed by atoms with van der Waals surface area (Å²) in [7, 11) is 0. The van der Waals surface area contributed by atoms with Crippen molar-refractivity contribution in [3.8, 4) is 11.1 Å². The Hall–Kier alpha value is -4.51. The molecule has 4 aromatic rings. The van der Waals surface area contributed by atoms with E-state index >= 15 is 0 Å². The molecule has 0 aromatic heterocycles. The molecule has 1 aliphatic heterocycles. The van der Waals surface area contributed by atoms with Crippen LogP contribution in [0.25, 0.3) is 11.1 Å². The summed E-state index contributed by atoms with van der Waals surface area (Å²) in [4.78, 5) is 43.4. The summed E-state index contributed by atoms with van der Waals surface area (Å²) < 4.78 is 0. The molecule has 194 valence electrons. The molecule has 0 fully saturated rings. The second-order valence-electron chi connectivity index (χ2n) is 10.1. The number of aryl methyl sites for hydroxylation is 1. The van der Waals surface area contributed by atoms with Gasteiger partial charge in [0.2, 0.25) is 5.91 Å². The molecule has 5 nitrogen and oxygen atoms in total. The Kier molecular flexibility index (Phi) is 6.35. The van der Waals surface area contributed by atoms with Crippen LogP contribution in [0.5, 0.6) is 0 Å². The molecule has 0 bridgehead atoms. The van der Waals surface area contributed by atoms with E-state index in [0.717, 1.165) is 47.2 Å². The molecule has 6 rings (SSSR count). The zero-order valence-corrected chi connectivity index (χ0v) is 22.2. The van der Waals surface area contributed by atoms with E-state index < -0.39 is 0 Å². The summed E-state index contributed by atoms with van der Waals surface area (Å²) in [5.41, 5.74) is 7.73. The second kappa shape index (κ2) is 9.99. The highest BCUT2D eigenvalue weighted by atomic mass is 16.2. The maximum Gasteiger partial charge on any atom is 0.266 e. The smallest absolute Gasteiger partial charge is 0.266 e. The highest BCUT2D eigenvalue weighted by Gasteiger charge is 2.39. The molecule has 5 heteroatoms. The molecule has 2 aliphatic rings. The predicted molar refractivity (Wildman–Crippen MR) is 154 cm³/mol. The van der Waals surface area contributed by atoms with Gasteiger partial charge < -0.3 is 4.90 Å². The number of nitrogens with zero attached hydrogens (tertiary/aromatic N) is 2. The van der Waals surface area contributed by atoms with Crippen molar-refractivity contribution >= 4 is 29.1 Å². The topological polar surface area (TPSA) is 57.7 Å². The Morgan fingerprint density at radius 2 is 1.33 bits per heavy atom. The van der Waals surface area contributed by atoms with Gasteiger partial charge in [-0.2, -0.15) is 0 Å². The van der Waals surface area contributed by atoms with Crippen LogP contribution in [-0.4, -0.2) is 24.3 Å². The van der Waals surface area contributed by atoms with Gasteiger partial charge in [0.25, 0.3) is 11.8 Å². The second-order valence-corrected chi connectivity index (χ2v) is 10.1. The fourth-order valence-corrected chi connectivity index (χ4v) is 6.03. The minimum atomic E-state index is -0.374. The number of carbonyl (C=O) groups excluding carboxylic acids is 3. The van der Waals surface area contributed by atoms with Crippen molar-refractivity contribution in [2.75, 3.05) is 16.3 Å². The van der Waals surface area contributed by atoms with Crippen LogP contribution in [0.1, 0.15) is 70.0 Å². The maximum absolute atomic E-state index is 14.4.